The number of hydrogen-bond donors (Lipinski definition) is 3. The molecule has 3 aromatic heterocycles. The van der Waals surface area contributed by atoms with Crippen molar-refractivity contribution in [3.05, 3.63) is 117 Å². The molecule has 3 aliphatic rings. The standard InChI is InChI=1S/C46H50ClN9O6S/c1-46(2)15-11-33(38(26-46)31-3-5-34(47)6-4-31)28-53-19-21-54(22-20-53)35-7-9-37(40(24-35)55-41-23-32-14-18-49-44(32)51-39(41)27-50-55)45(57)52-63(60,61)36-8-10-43(42(25-36)56(58)59)62-29-30-12-16-48-17-13-30/h3-10,14,18,23-25,27,30,48H,11-13,15-17,19-22,26,28-29H2,1-2H3,(H,49,51)(H,52,57). The summed E-state index contributed by atoms with van der Waals surface area (Å²) in [7, 11) is -4.58. The molecule has 63 heavy (non-hydrogen) atoms. The van der Waals surface area contributed by atoms with Crippen LogP contribution >= 0.6 is 11.6 Å². The number of allylic oxidation sites excluding steroid dienone is 1. The van der Waals surface area contributed by atoms with Gasteiger partial charge in [-0.05, 0) is 122 Å². The molecule has 2 aliphatic heterocycles. The summed E-state index contributed by atoms with van der Waals surface area (Å²) < 4.78 is 37.2. The maximum absolute atomic E-state index is 14.2. The Bertz CT molecular complexity index is 2840. The quantitative estimate of drug-likeness (QED) is 0.0808. The number of ether oxygens (including phenoxy) is 1. The van der Waals surface area contributed by atoms with Crippen LogP contribution in [0.5, 0.6) is 5.75 Å². The monoisotopic (exact) mass is 891 g/mol. The number of sulfonamides is 1. The third-order valence-electron chi connectivity index (χ3n) is 12.6. The molecule has 0 saturated carbocycles. The number of piperidine rings is 1. The van der Waals surface area contributed by atoms with Gasteiger partial charge in [0.2, 0.25) is 0 Å². The zero-order chi connectivity index (χ0) is 43.9. The zero-order valence-electron chi connectivity index (χ0n) is 35.3. The summed E-state index contributed by atoms with van der Waals surface area (Å²) in [5, 5.41) is 21.6. The van der Waals surface area contributed by atoms with E-state index in [2.05, 4.69) is 55.9 Å². The van der Waals surface area contributed by atoms with Gasteiger partial charge in [-0.1, -0.05) is 43.2 Å². The van der Waals surface area contributed by atoms with Gasteiger partial charge in [0.1, 0.15) is 11.2 Å². The van der Waals surface area contributed by atoms with Crippen LogP contribution in [0.15, 0.2) is 95.7 Å². The molecule has 5 heterocycles. The minimum atomic E-state index is -4.58. The van der Waals surface area contributed by atoms with Crippen molar-refractivity contribution in [1.29, 1.82) is 0 Å². The molecule has 2 fully saturated rings. The molecular formula is C46H50ClN9O6S. The highest BCUT2D eigenvalue weighted by Gasteiger charge is 2.31. The molecule has 17 heteroatoms. The van der Waals surface area contributed by atoms with E-state index in [9.17, 15) is 23.3 Å². The second-order valence-corrected chi connectivity index (χ2v) is 19.7. The van der Waals surface area contributed by atoms with Crippen molar-refractivity contribution in [3.63, 3.8) is 0 Å². The molecule has 15 nitrogen and oxygen atoms in total. The summed E-state index contributed by atoms with van der Waals surface area (Å²) in [4.78, 5) is 37.8. The number of carbonyl (C=O) groups is 1. The van der Waals surface area contributed by atoms with Crippen LogP contribution in [-0.2, 0) is 10.0 Å². The number of aromatic amines is 1. The van der Waals surface area contributed by atoms with E-state index in [-0.39, 0.29) is 29.3 Å². The van der Waals surface area contributed by atoms with E-state index in [0.717, 1.165) is 100 Å². The number of anilines is 1. The highest BCUT2D eigenvalue weighted by molar-refractivity contribution is 7.90. The number of aromatic nitrogens is 4. The van der Waals surface area contributed by atoms with Crippen molar-refractivity contribution >= 4 is 66.5 Å². The number of halogens is 1. The second-order valence-electron chi connectivity index (χ2n) is 17.6. The first kappa shape index (κ1) is 42.5. The van der Waals surface area contributed by atoms with E-state index in [4.69, 9.17) is 21.3 Å². The van der Waals surface area contributed by atoms with Gasteiger partial charge in [-0.2, -0.15) is 5.10 Å². The van der Waals surface area contributed by atoms with Gasteiger partial charge in [0, 0.05) is 61.1 Å². The smallest absolute Gasteiger partial charge is 0.312 e. The molecule has 2 saturated heterocycles. The first-order chi connectivity index (χ1) is 30.3. The molecule has 328 valence electrons. The maximum Gasteiger partial charge on any atom is 0.312 e. The Labute approximate surface area is 370 Å². The topological polar surface area (TPSA) is 181 Å². The predicted molar refractivity (Wildman–Crippen MR) is 244 cm³/mol. The predicted octanol–water partition coefficient (Wildman–Crippen LogP) is 7.75. The molecule has 3 N–H and O–H groups in total. The number of carbonyl (C=O) groups excluding carboxylic acids is 1. The van der Waals surface area contributed by atoms with E-state index in [0.29, 0.717) is 22.4 Å². The van der Waals surface area contributed by atoms with Gasteiger partial charge < -0.3 is 19.9 Å². The number of nitro benzene ring substituents is 1. The van der Waals surface area contributed by atoms with E-state index in [1.165, 1.54) is 28.8 Å². The van der Waals surface area contributed by atoms with Crippen LogP contribution in [-0.4, -0.2) is 96.3 Å². The molecule has 0 unspecified atom stereocenters. The van der Waals surface area contributed by atoms with Crippen LogP contribution in [0.4, 0.5) is 11.4 Å². The SMILES string of the molecule is CC1(C)CCC(CN2CCN(c3ccc(C(=O)NS(=O)(=O)c4ccc(OCC5CCNCC5)c([N+](=O)[O-])c4)c(-n4ncc5nc6[nH]ccc6cc54)c3)CC2)=C(c2ccc(Cl)cc2)C1. The summed E-state index contributed by atoms with van der Waals surface area (Å²) >= 11 is 6.26. The lowest BCUT2D eigenvalue weighted by molar-refractivity contribution is -0.386. The molecule has 0 spiro atoms. The highest BCUT2D eigenvalue weighted by Crippen LogP contribution is 2.43. The number of nitro groups is 1. The van der Waals surface area contributed by atoms with Gasteiger partial charge in [-0.3, -0.25) is 19.8 Å². The van der Waals surface area contributed by atoms with E-state index in [1.807, 2.05) is 36.4 Å². The molecule has 1 amide bonds. The normalized spacial score (nSPS) is 17.7. The Hall–Kier alpha value is -5.81. The molecule has 1 aliphatic carbocycles. The molecule has 6 aromatic rings. The summed E-state index contributed by atoms with van der Waals surface area (Å²) in [6, 6.07) is 20.7. The van der Waals surface area contributed by atoms with Crippen LogP contribution < -0.4 is 19.7 Å². The van der Waals surface area contributed by atoms with Gasteiger partial charge in [0.05, 0.1) is 39.4 Å². The fourth-order valence-corrected chi connectivity index (χ4v) is 10.1. The number of piperazine rings is 1. The third kappa shape index (κ3) is 9.16. The van der Waals surface area contributed by atoms with Crippen LogP contribution in [0.2, 0.25) is 5.02 Å². The lowest BCUT2D eigenvalue weighted by atomic mass is 9.72. The van der Waals surface area contributed by atoms with E-state index in [1.54, 1.807) is 23.1 Å². The molecule has 9 rings (SSSR count). The van der Waals surface area contributed by atoms with Crippen LogP contribution in [0.1, 0.15) is 61.9 Å². The van der Waals surface area contributed by atoms with Crippen molar-refractivity contribution in [3.8, 4) is 11.4 Å². The minimum absolute atomic E-state index is 0.0315. The van der Waals surface area contributed by atoms with Gasteiger partial charge >= 0.3 is 5.69 Å². The largest absolute Gasteiger partial charge is 0.487 e. The van der Waals surface area contributed by atoms with Crippen molar-refractivity contribution in [2.45, 2.75) is 50.8 Å². The number of nitrogens with one attached hydrogen (secondary N) is 3. The van der Waals surface area contributed by atoms with Crippen molar-refractivity contribution in [1.82, 2.24) is 34.7 Å². The summed E-state index contributed by atoms with van der Waals surface area (Å²) in [6.07, 6.45) is 8.34. The molecule has 0 atom stereocenters. The fraction of sp³-hybridized carbons (Fsp3) is 0.370. The lowest BCUT2D eigenvalue weighted by Crippen LogP contribution is -2.47. The lowest BCUT2D eigenvalue weighted by Gasteiger charge is -2.39. The number of rotatable bonds is 12. The van der Waals surface area contributed by atoms with Crippen molar-refractivity contribution < 1.29 is 22.9 Å². The molecule has 0 radical (unpaired) electrons. The number of hydrogen-bond acceptors (Lipinski definition) is 11. The number of amides is 1. The van der Waals surface area contributed by atoms with Crippen molar-refractivity contribution in [2.24, 2.45) is 11.3 Å². The first-order valence-electron chi connectivity index (χ1n) is 21.4. The Morgan fingerprint density at radius 1 is 1.02 bits per heavy atom. The Kier molecular flexibility index (Phi) is 11.7. The maximum atomic E-state index is 14.2. The Morgan fingerprint density at radius 3 is 2.56 bits per heavy atom. The van der Waals surface area contributed by atoms with Crippen LogP contribution in [0.3, 0.4) is 0 Å². The Morgan fingerprint density at radius 2 is 1.79 bits per heavy atom. The van der Waals surface area contributed by atoms with Gasteiger partial charge in [-0.15, -0.1) is 0 Å². The number of H-pyrrole nitrogens is 1. The second kappa shape index (κ2) is 17.4. The van der Waals surface area contributed by atoms with Gasteiger partial charge in [-0.25, -0.2) is 22.8 Å². The van der Waals surface area contributed by atoms with Crippen LogP contribution in [0.25, 0.3) is 33.3 Å². The highest BCUT2D eigenvalue weighted by atomic mass is 35.5. The Balaban J connectivity index is 0.976. The molecular weight excluding hydrogens is 842 g/mol. The first-order valence-corrected chi connectivity index (χ1v) is 23.3. The zero-order valence-corrected chi connectivity index (χ0v) is 36.8. The van der Waals surface area contributed by atoms with Gasteiger partial charge in [0.25, 0.3) is 15.9 Å². The summed E-state index contributed by atoms with van der Waals surface area (Å²) in [6.45, 7) is 10.6. The van der Waals surface area contributed by atoms with Gasteiger partial charge in [0.15, 0.2) is 5.75 Å². The number of nitrogens with zero attached hydrogens (tertiary/aromatic N) is 6. The average molecular weight is 892 g/mol. The third-order valence-corrected chi connectivity index (χ3v) is 14.2. The molecule has 3 aromatic carbocycles. The van der Waals surface area contributed by atoms with E-state index < -0.39 is 31.4 Å². The number of pyridine rings is 1. The summed E-state index contributed by atoms with van der Waals surface area (Å²) in [5.74, 6) is -0.728. The number of benzene rings is 3. The van der Waals surface area contributed by atoms with Crippen molar-refractivity contribution in [2.75, 3.05) is 57.3 Å². The summed E-state index contributed by atoms with van der Waals surface area (Å²) in [5.41, 5.74) is 6.96. The fourth-order valence-electron chi connectivity index (χ4n) is 9.02. The molecule has 0 bridgehead atoms. The van der Waals surface area contributed by atoms with Crippen LogP contribution in [0, 0.1) is 21.4 Å². The minimum Gasteiger partial charge on any atom is -0.487 e. The average Bonchev–Trinajstić information content (AvgIpc) is 3.92. The number of fused-ring (bicyclic) bond motifs is 2. The van der Waals surface area contributed by atoms with E-state index >= 15 is 0 Å².